The third-order valence-corrected chi connectivity index (χ3v) is 4.14. The van der Waals surface area contributed by atoms with Gasteiger partial charge in [0.05, 0.1) is 5.51 Å². The molecule has 1 atom stereocenters. The van der Waals surface area contributed by atoms with E-state index in [1.165, 1.54) is 37.0 Å². The molecule has 0 aromatic carbocycles. The minimum atomic E-state index is 0.679. The van der Waals surface area contributed by atoms with Crippen LogP contribution in [-0.4, -0.2) is 17.6 Å². The highest BCUT2D eigenvalue weighted by Crippen LogP contribution is 2.29. The maximum atomic E-state index is 4.15. The molecule has 1 saturated carbocycles. The Kier molecular flexibility index (Phi) is 4.15. The van der Waals surface area contributed by atoms with Gasteiger partial charge in [-0.3, -0.25) is 4.98 Å². The molecule has 1 aliphatic rings. The van der Waals surface area contributed by atoms with Gasteiger partial charge in [-0.25, -0.2) is 0 Å². The second-order valence-electron chi connectivity index (χ2n) is 4.38. The largest absolute Gasteiger partial charge is 0.314 e. The van der Waals surface area contributed by atoms with E-state index in [1.807, 2.05) is 11.7 Å². The van der Waals surface area contributed by atoms with Crippen molar-refractivity contribution in [3.63, 3.8) is 0 Å². The summed E-state index contributed by atoms with van der Waals surface area (Å²) in [6.45, 7) is 3.29. The lowest BCUT2D eigenvalue weighted by Crippen LogP contribution is -2.36. The van der Waals surface area contributed by atoms with Crippen LogP contribution in [0, 0.1) is 5.92 Å². The van der Waals surface area contributed by atoms with Crippen molar-refractivity contribution >= 4 is 11.3 Å². The normalized spacial score (nSPS) is 19.5. The van der Waals surface area contributed by atoms with E-state index in [0.717, 1.165) is 12.5 Å². The van der Waals surface area contributed by atoms with Crippen LogP contribution in [0.15, 0.2) is 11.7 Å². The Morgan fingerprint density at radius 1 is 1.53 bits per heavy atom. The molecule has 0 bridgehead atoms. The van der Waals surface area contributed by atoms with E-state index in [4.69, 9.17) is 0 Å². The number of hydrogen-bond acceptors (Lipinski definition) is 3. The number of likely N-dealkylation sites (N-methyl/N-ethyl adjacent to an activating group) is 1. The topological polar surface area (TPSA) is 24.9 Å². The van der Waals surface area contributed by atoms with Gasteiger partial charge in [0, 0.05) is 17.1 Å². The third kappa shape index (κ3) is 3.02. The number of thiazole rings is 1. The molecule has 0 amide bonds. The summed E-state index contributed by atoms with van der Waals surface area (Å²) in [5.41, 5.74) is 1.94. The third-order valence-electron chi connectivity index (χ3n) is 3.34. The van der Waals surface area contributed by atoms with Crippen molar-refractivity contribution in [3.8, 4) is 0 Å². The molecule has 1 unspecified atom stereocenters. The molecular weight excluding hydrogens is 204 g/mol. The molecule has 1 aromatic rings. The Labute approximate surface area is 96.1 Å². The monoisotopic (exact) mass is 224 g/mol. The summed E-state index contributed by atoms with van der Waals surface area (Å²) in [5.74, 6) is 0.895. The van der Waals surface area contributed by atoms with Crippen molar-refractivity contribution in [2.75, 3.05) is 6.54 Å². The van der Waals surface area contributed by atoms with Crippen molar-refractivity contribution in [1.29, 1.82) is 0 Å². The Morgan fingerprint density at radius 2 is 2.33 bits per heavy atom. The molecule has 3 heteroatoms. The average Bonchev–Trinajstić information content (AvgIpc) is 2.89. The fourth-order valence-corrected chi connectivity index (χ4v) is 3.24. The van der Waals surface area contributed by atoms with E-state index in [9.17, 15) is 0 Å². The SMILES string of the molecule is CCNC(Cc1cncs1)C1CCCC1. The average molecular weight is 224 g/mol. The highest BCUT2D eigenvalue weighted by molar-refractivity contribution is 7.09. The van der Waals surface area contributed by atoms with Crippen LogP contribution in [0.25, 0.3) is 0 Å². The first kappa shape index (κ1) is 11.1. The number of nitrogens with zero attached hydrogens (tertiary/aromatic N) is 1. The van der Waals surface area contributed by atoms with Gasteiger partial charge in [0.15, 0.2) is 0 Å². The molecule has 1 fully saturated rings. The van der Waals surface area contributed by atoms with E-state index in [-0.39, 0.29) is 0 Å². The summed E-state index contributed by atoms with van der Waals surface area (Å²) in [5, 5.41) is 3.64. The molecule has 1 heterocycles. The van der Waals surface area contributed by atoms with Crippen molar-refractivity contribution in [2.45, 2.75) is 45.1 Å². The molecule has 2 nitrogen and oxygen atoms in total. The maximum Gasteiger partial charge on any atom is 0.0794 e. The maximum absolute atomic E-state index is 4.15. The molecule has 0 saturated heterocycles. The van der Waals surface area contributed by atoms with E-state index in [0.29, 0.717) is 6.04 Å². The molecule has 84 valence electrons. The quantitative estimate of drug-likeness (QED) is 0.832. The van der Waals surface area contributed by atoms with Crippen LogP contribution < -0.4 is 5.32 Å². The first-order valence-corrected chi connectivity index (χ1v) is 6.89. The molecule has 1 aromatic heterocycles. The van der Waals surface area contributed by atoms with Crippen LogP contribution in [0.3, 0.4) is 0 Å². The predicted molar refractivity (Wildman–Crippen MR) is 65.2 cm³/mol. The van der Waals surface area contributed by atoms with Crippen LogP contribution >= 0.6 is 11.3 Å². The van der Waals surface area contributed by atoms with Crippen LogP contribution in [-0.2, 0) is 6.42 Å². The van der Waals surface area contributed by atoms with E-state index >= 15 is 0 Å². The Bertz CT molecular complexity index is 265. The second-order valence-corrected chi connectivity index (χ2v) is 5.35. The molecule has 1 N–H and O–H groups in total. The van der Waals surface area contributed by atoms with E-state index < -0.39 is 0 Å². The summed E-state index contributed by atoms with van der Waals surface area (Å²) in [7, 11) is 0. The van der Waals surface area contributed by atoms with Gasteiger partial charge in [-0.2, -0.15) is 0 Å². The van der Waals surface area contributed by atoms with Gasteiger partial charge in [0.1, 0.15) is 0 Å². The Balaban J connectivity index is 1.93. The summed E-state index contributed by atoms with van der Waals surface area (Å²) >= 11 is 1.78. The lowest BCUT2D eigenvalue weighted by Gasteiger charge is -2.23. The Hall–Kier alpha value is -0.410. The molecule has 0 spiro atoms. The molecule has 2 rings (SSSR count). The first-order valence-electron chi connectivity index (χ1n) is 6.01. The molecule has 0 aliphatic heterocycles. The standard InChI is InChI=1S/C12H20N2S/c1-2-14-12(10-5-3-4-6-10)7-11-8-13-9-15-11/h8-10,12,14H,2-7H2,1H3. The zero-order chi connectivity index (χ0) is 10.5. The van der Waals surface area contributed by atoms with Gasteiger partial charge in [-0.1, -0.05) is 19.8 Å². The number of rotatable bonds is 5. The summed E-state index contributed by atoms with van der Waals surface area (Å²) in [6, 6.07) is 0.679. The van der Waals surface area contributed by atoms with Crippen molar-refractivity contribution in [1.82, 2.24) is 10.3 Å². The van der Waals surface area contributed by atoms with Crippen LogP contribution in [0.5, 0.6) is 0 Å². The lowest BCUT2D eigenvalue weighted by molar-refractivity contribution is 0.364. The summed E-state index contributed by atoms with van der Waals surface area (Å²) in [4.78, 5) is 5.58. The molecule has 1 aliphatic carbocycles. The van der Waals surface area contributed by atoms with Crippen LogP contribution in [0.1, 0.15) is 37.5 Å². The zero-order valence-electron chi connectivity index (χ0n) is 9.41. The van der Waals surface area contributed by atoms with Gasteiger partial charge in [-0.05, 0) is 31.7 Å². The highest BCUT2D eigenvalue weighted by Gasteiger charge is 2.24. The van der Waals surface area contributed by atoms with Gasteiger partial charge >= 0.3 is 0 Å². The molecular formula is C12H20N2S. The van der Waals surface area contributed by atoms with E-state index in [2.05, 4.69) is 17.2 Å². The zero-order valence-corrected chi connectivity index (χ0v) is 10.2. The number of aromatic nitrogens is 1. The van der Waals surface area contributed by atoms with E-state index in [1.54, 1.807) is 11.3 Å². The molecule has 15 heavy (non-hydrogen) atoms. The van der Waals surface area contributed by atoms with Crippen molar-refractivity contribution in [2.24, 2.45) is 5.92 Å². The predicted octanol–water partition coefficient (Wildman–Crippen LogP) is 2.85. The smallest absolute Gasteiger partial charge is 0.0794 e. The van der Waals surface area contributed by atoms with Crippen LogP contribution in [0.4, 0.5) is 0 Å². The lowest BCUT2D eigenvalue weighted by atomic mass is 9.95. The minimum absolute atomic E-state index is 0.679. The van der Waals surface area contributed by atoms with Gasteiger partial charge in [-0.15, -0.1) is 11.3 Å². The summed E-state index contributed by atoms with van der Waals surface area (Å²) in [6.07, 6.45) is 8.87. The Morgan fingerprint density at radius 3 is 2.93 bits per heavy atom. The van der Waals surface area contributed by atoms with Crippen molar-refractivity contribution < 1.29 is 0 Å². The highest BCUT2D eigenvalue weighted by atomic mass is 32.1. The van der Waals surface area contributed by atoms with Gasteiger partial charge in [0.25, 0.3) is 0 Å². The van der Waals surface area contributed by atoms with Crippen LogP contribution in [0.2, 0.25) is 0 Å². The van der Waals surface area contributed by atoms with Gasteiger partial charge in [0.2, 0.25) is 0 Å². The summed E-state index contributed by atoms with van der Waals surface area (Å²) < 4.78 is 0. The fourth-order valence-electron chi connectivity index (χ4n) is 2.59. The number of nitrogens with one attached hydrogen (secondary N) is 1. The fraction of sp³-hybridized carbons (Fsp3) is 0.750. The minimum Gasteiger partial charge on any atom is -0.314 e. The van der Waals surface area contributed by atoms with Gasteiger partial charge < -0.3 is 5.32 Å². The first-order chi connectivity index (χ1) is 7.40. The number of hydrogen-bond donors (Lipinski definition) is 1. The van der Waals surface area contributed by atoms with Crippen molar-refractivity contribution in [3.05, 3.63) is 16.6 Å². The molecule has 0 radical (unpaired) electrons. The second kappa shape index (κ2) is 5.61.